The number of rotatable bonds is 2. The van der Waals surface area contributed by atoms with Gasteiger partial charge in [0.2, 0.25) is 0 Å². The van der Waals surface area contributed by atoms with E-state index in [9.17, 15) is 5.11 Å². The highest BCUT2D eigenvalue weighted by atomic mass is 16.3. The maximum absolute atomic E-state index is 10.2. The van der Waals surface area contributed by atoms with Crippen molar-refractivity contribution in [1.82, 2.24) is 4.90 Å². The number of hydrogen-bond donors (Lipinski definition) is 1. The van der Waals surface area contributed by atoms with Crippen LogP contribution in [0.1, 0.15) is 38.8 Å². The van der Waals surface area contributed by atoms with Gasteiger partial charge >= 0.3 is 0 Å². The quantitative estimate of drug-likeness (QED) is 0.849. The molecule has 0 aliphatic carbocycles. The summed E-state index contributed by atoms with van der Waals surface area (Å²) in [4.78, 5) is 2.38. The number of benzene rings is 1. The predicted molar refractivity (Wildman–Crippen MR) is 70.8 cm³/mol. The average molecular weight is 233 g/mol. The largest absolute Gasteiger partial charge is 0.391 e. The number of hydrogen-bond acceptors (Lipinski definition) is 2. The highest BCUT2D eigenvalue weighted by molar-refractivity contribution is 5.18. The Morgan fingerprint density at radius 1 is 1.29 bits per heavy atom. The van der Waals surface area contributed by atoms with Gasteiger partial charge in [0.05, 0.1) is 6.10 Å². The lowest BCUT2D eigenvalue weighted by molar-refractivity contribution is -0.0372. The monoisotopic (exact) mass is 233 g/mol. The Balaban J connectivity index is 2.05. The Bertz CT molecular complexity index is 360. The van der Waals surface area contributed by atoms with E-state index in [4.69, 9.17) is 0 Å². The molecule has 1 aromatic carbocycles. The van der Waals surface area contributed by atoms with Gasteiger partial charge in [0.25, 0.3) is 0 Å². The third-order valence-corrected chi connectivity index (χ3v) is 4.18. The van der Waals surface area contributed by atoms with Crippen LogP contribution in [0.5, 0.6) is 0 Å². The molecule has 0 radical (unpaired) electrons. The molecule has 1 saturated heterocycles. The lowest BCUT2D eigenvalue weighted by Gasteiger charge is -2.43. The van der Waals surface area contributed by atoms with E-state index in [2.05, 4.69) is 49.9 Å². The van der Waals surface area contributed by atoms with Crippen molar-refractivity contribution in [2.24, 2.45) is 5.41 Å². The Morgan fingerprint density at radius 3 is 2.53 bits per heavy atom. The maximum Gasteiger partial charge on any atom is 0.0718 e. The average Bonchev–Trinajstić information content (AvgIpc) is 2.33. The SMILES string of the molecule is CC(c1ccccc1)N1CCC(C)(C)C(O)C1. The molecule has 0 saturated carbocycles. The van der Waals surface area contributed by atoms with E-state index < -0.39 is 0 Å². The first-order valence-electron chi connectivity index (χ1n) is 6.48. The van der Waals surface area contributed by atoms with Crippen LogP contribution in [0.2, 0.25) is 0 Å². The number of piperidine rings is 1. The summed E-state index contributed by atoms with van der Waals surface area (Å²) < 4.78 is 0. The van der Waals surface area contributed by atoms with Crippen molar-refractivity contribution < 1.29 is 5.11 Å². The summed E-state index contributed by atoms with van der Waals surface area (Å²) in [6.07, 6.45) is 0.841. The van der Waals surface area contributed by atoms with Gasteiger partial charge in [-0.3, -0.25) is 4.90 Å². The molecule has 2 rings (SSSR count). The van der Waals surface area contributed by atoms with Crippen molar-refractivity contribution in [3.63, 3.8) is 0 Å². The molecule has 1 fully saturated rings. The number of nitrogens with zero attached hydrogens (tertiary/aromatic N) is 1. The van der Waals surface area contributed by atoms with Crippen molar-refractivity contribution in [3.05, 3.63) is 35.9 Å². The number of β-amino-alcohol motifs (C(OH)–C–C–N with tert-alkyl or cyclic N) is 1. The second-order valence-corrected chi connectivity index (χ2v) is 5.84. The Kier molecular flexibility index (Phi) is 3.55. The van der Waals surface area contributed by atoms with Crippen LogP contribution >= 0.6 is 0 Å². The van der Waals surface area contributed by atoms with Crippen LogP contribution < -0.4 is 0 Å². The fraction of sp³-hybridized carbons (Fsp3) is 0.600. The van der Waals surface area contributed by atoms with Crippen LogP contribution in [0.25, 0.3) is 0 Å². The highest BCUT2D eigenvalue weighted by Gasteiger charge is 2.35. The summed E-state index contributed by atoms with van der Waals surface area (Å²) >= 11 is 0. The molecule has 2 heteroatoms. The molecule has 2 atom stereocenters. The lowest BCUT2D eigenvalue weighted by Crippen LogP contribution is -2.48. The van der Waals surface area contributed by atoms with Crippen LogP contribution in [0.15, 0.2) is 30.3 Å². The summed E-state index contributed by atoms with van der Waals surface area (Å²) in [5.41, 5.74) is 1.40. The van der Waals surface area contributed by atoms with Gasteiger partial charge in [-0.05, 0) is 30.9 Å². The molecule has 1 N–H and O–H groups in total. The summed E-state index contributed by atoms with van der Waals surface area (Å²) in [6, 6.07) is 10.9. The second kappa shape index (κ2) is 4.79. The molecular formula is C15H23NO. The maximum atomic E-state index is 10.2. The molecule has 94 valence electrons. The first-order chi connectivity index (χ1) is 8.00. The van der Waals surface area contributed by atoms with Crippen LogP contribution in [0.4, 0.5) is 0 Å². The lowest BCUT2D eigenvalue weighted by atomic mass is 9.79. The molecule has 2 unspecified atom stereocenters. The summed E-state index contributed by atoms with van der Waals surface area (Å²) in [6.45, 7) is 8.38. The van der Waals surface area contributed by atoms with Crippen LogP contribution in [-0.4, -0.2) is 29.2 Å². The Morgan fingerprint density at radius 2 is 1.94 bits per heavy atom. The Hall–Kier alpha value is -0.860. The van der Waals surface area contributed by atoms with Crippen molar-refractivity contribution in [3.8, 4) is 0 Å². The number of aliphatic hydroxyl groups is 1. The van der Waals surface area contributed by atoms with E-state index in [0.717, 1.165) is 19.5 Å². The first kappa shape index (κ1) is 12.6. The van der Waals surface area contributed by atoms with Crippen LogP contribution in [-0.2, 0) is 0 Å². The molecule has 0 amide bonds. The predicted octanol–water partition coefficient (Wildman–Crippen LogP) is 2.84. The van der Waals surface area contributed by atoms with Gasteiger partial charge in [0.1, 0.15) is 0 Å². The van der Waals surface area contributed by atoms with E-state index in [0.29, 0.717) is 6.04 Å². The minimum atomic E-state index is -0.220. The number of likely N-dealkylation sites (tertiary alicyclic amines) is 1. The molecule has 1 aromatic rings. The van der Waals surface area contributed by atoms with Gasteiger partial charge in [-0.15, -0.1) is 0 Å². The third-order valence-electron chi connectivity index (χ3n) is 4.18. The van der Waals surface area contributed by atoms with Crippen LogP contribution in [0.3, 0.4) is 0 Å². The minimum Gasteiger partial charge on any atom is -0.391 e. The van der Waals surface area contributed by atoms with Crippen molar-refractivity contribution >= 4 is 0 Å². The molecule has 0 aromatic heterocycles. The van der Waals surface area contributed by atoms with Gasteiger partial charge < -0.3 is 5.11 Å². The minimum absolute atomic E-state index is 0.0624. The summed E-state index contributed by atoms with van der Waals surface area (Å²) in [7, 11) is 0. The molecule has 0 spiro atoms. The zero-order valence-corrected chi connectivity index (χ0v) is 11.1. The summed E-state index contributed by atoms with van der Waals surface area (Å²) in [5.74, 6) is 0. The van der Waals surface area contributed by atoms with Gasteiger partial charge in [0.15, 0.2) is 0 Å². The van der Waals surface area contributed by atoms with Crippen molar-refractivity contribution in [1.29, 1.82) is 0 Å². The molecule has 1 aliphatic rings. The normalized spacial score (nSPS) is 26.7. The standard InChI is InChI=1S/C15H23NO/c1-12(13-7-5-4-6-8-13)16-10-9-15(2,3)14(17)11-16/h4-8,12,14,17H,9-11H2,1-3H3. The zero-order chi connectivity index (χ0) is 12.5. The van der Waals surface area contributed by atoms with Crippen molar-refractivity contribution in [2.45, 2.75) is 39.3 Å². The topological polar surface area (TPSA) is 23.5 Å². The van der Waals surface area contributed by atoms with E-state index in [1.54, 1.807) is 0 Å². The van der Waals surface area contributed by atoms with E-state index in [1.165, 1.54) is 5.56 Å². The van der Waals surface area contributed by atoms with Gasteiger partial charge in [0, 0.05) is 12.6 Å². The summed E-state index contributed by atoms with van der Waals surface area (Å²) in [5, 5.41) is 10.2. The fourth-order valence-corrected chi connectivity index (χ4v) is 2.45. The van der Waals surface area contributed by atoms with Gasteiger partial charge in [-0.1, -0.05) is 44.2 Å². The van der Waals surface area contributed by atoms with E-state index in [-0.39, 0.29) is 11.5 Å². The van der Waals surface area contributed by atoms with E-state index in [1.807, 2.05) is 6.07 Å². The molecule has 2 nitrogen and oxygen atoms in total. The van der Waals surface area contributed by atoms with Crippen LogP contribution in [0, 0.1) is 5.41 Å². The third kappa shape index (κ3) is 2.70. The smallest absolute Gasteiger partial charge is 0.0718 e. The second-order valence-electron chi connectivity index (χ2n) is 5.84. The van der Waals surface area contributed by atoms with E-state index >= 15 is 0 Å². The van der Waals surface area contributed by atoms with Gasteiger partial charge in [-0.25, -0.2) is 0 Å². The molecule has 17 heavy (non-hydrogen) atoms. The molecular weight excluding hydrogens is 210 g/mol. The zero-order valence-electron chi connectivity index (χ0n) is 11.1. The van der Waals surface area contributed by atoms with Crippen molar-refractivity contribution in [2.75, 3.05) is 13.1 Å². The Labute approximate surface area is 104 Å². The molecule has 0 bridgehead atoms. The fourth-order valence-electron chi connectivity index (χ4n) is 2.45. The molecule has 1 aliphatic heterocycles. The number of aliphatic hydroxyl groups excluding tert-OH is 1. The van der Waals surface area contributed by atoms with Gasteiger partial charge in [-0.2, -0.15) is 0 Å². The molecule has 1 heterocycles. The highest BCUT2D eigenvalue weighted by Crippen LogP contribution is 2.33. The first-order valence-corrected chi connectivity index (χ1v) is 6.48.